The number of benzene rings is 1. The van der Waals surface area contributed by atoms with Crippen LogP contribution in [0.1, 0.15) is 25.0 Å². The molecule has 1 aliphatic rings. The summed E-state index contributed by atoms with van der Waals surface area (Å²) in [5.74, 6) is 0.823. The van der Waals surface area contributed by atoms with Crippen molar-refractivity contribution in [1.29, 1.82) is 0 Å². The van der Waals surface area contributed by atoms with Crippen LogP contribution in [-0.4, -0.2) is 26.4 Å². The van der Waals surface area contributed by atoms with Crippen LogP contribution in [0.4, 0.5) is 0 Å². The molecular formula is C19H19N3O3. The summed E-state index contributed by atoms with van der Waals surface area (Å²) in [4.78, 5) is 31.3. The average molecular weight is 337 g/mol. The van der Waals surface area contributed by atoms with E-state index in [2.05, 4.69) is 4.98 Å². The predicted molar refractivity (Wildman–Crippen MR) is 92.9 cm³/mol. The third kappa shape index (κ3) is 3.33. The van der Waals surface area contributed by atoms with Crippen LogP contribution in [0.2, 0.25) is 0 Å². The molecule has 0 atom stereocenters. The Morgan fingerprint density at radius 1 is 1.24 bits per heavy atom. The molecule has 2 aromatic heterocycles. The quantitative estimate of drug-likeness (QED) is 0.693. The van der Waals surface area contributed by atoms with Crippen LogP contribution in [0.25, 0.3) is 10.9 Å². The van der Waals surface area contributed by atoms with Gasteiger partial charge in [-0.3, -0.25) is 14.2 Å². The van der Waals surface area contributed by atoms with Gasteiger partial charge in [0.05, 0.1) is 30.0 Å². The topological polar surface area (TPSA) is 68.3 Å². The molecule has 1 aromatic carbocycles. The molecule has 0 radical (unpaired) electrons. The monoisotopic (exact) mass is 337 g/mol. The van der Waals surface area contributed by atoms with Crippen molar-refractivity contribution in [3.05, 3.63) is 65.1 Å². The van der Waals surface area contributed by atoms with Gasteiger partial charge in [0.1, 0.15) is 5.76 Å². The van der Waals surface area contributed by atoms with E-state index in [4.69, 9.17) is 4.42 Å². The maximum atomic E-state index is 12.6. The van der Waals surface area contributed by atoms with Crippen LogP contribution in [0, 0.1) is 0 Å². The lowest BCUT2D eigenvalue weighted by Gasteiger charge is -2.21. The number of hydrogen-bond donors (Lipinski definition) is 0. The fraction of sp³-hybridized carbons (Fsp3) is 0.316. The molecule has 25 heavy (non-hydrogen) atoms. The molecule has 4 rings (SSSR count). The van der Waals surface area contributed by atoms with Gasteiger partial charge >= 0.3 is 0 Å². The van der Waals surface area contributed by atoms with E-state index in [1.54, 1.807) is 12.3 Å². The molecule has 0 aliphatic heterocycles. The second-order valence-electron chi connectivity index (χ2n) is 6.34. The Labute approximate surface area is 144 Å². The van der Waals surface area contributed by atoms with E-state index in [9.17, 15) is 9.59 Å². The smallest absolute Gasteiger partial charge is 0.261 e. The lowest BCUT2D eigenvalue weighted by Crippen LogP contribution is -2.34. The van der Waals surface area contributed by atoms with Crippen LogP contribution >= 0.6 is 0 Å². The van der Waals surface area contributed by atoms with Crippen molar-refractivity contribution < 1.29 is 9.21 Å². The summed E-state index contributed by atoms with van der Waals surface area (Å²) in [5, 5.41) is 0.576. The minimum Gasteiger partial charge on any atom is -0.467 e. The van der Waals surface area contributed by atoms with Crippen LogP contribution in [0.15, 0.2) is 58.2 Å². The van der Waals surface area contributed by atoms with Crippen molar-refractivity contribution in [3.63, 3.8) is 0 Å². The van der Waals surface area contributed by atoms with Crippen LogP contribution in [0.3, 0.4) is 0 Å². The third-order valence-electron chi connectivity index (χ3n) is 4.51. The molecule has 0 bridgehead atoms. The van der Waals surface area contributed by atoms with E-state index in [1.807, 2.05) is 35.2 Å². The Morgan fingerprint density at radius 2 is 2.08 bits per heavy atom. The molecule has 1 amide bonds. The Kier molecular flexibility index (Phi) is 4.09. The molecule has 0 N–H and O–H groups in total. The van der Waals surface area contributed by atoms with Gasteiger partial charge in [-0.15, -0.1) is 0 Å². The molecule has 6 nitrogen and oxygen atoms in total. The number of nitrogens with zero attached hydrogens (tertiary/aromatic N) is 3. The first-order chi connectivity index (χ1) is 12.2. The molecule has 2 heterocycles. The van der Waals surface area contributed by atoms with E-state index in [1.165, 1.54) is 10.9 Å². The van der Waals surface area contributed by atoms with Crippen molar-refractivity contribution in [3.8, 4) is 0 Å². The summed E-state index contributed by atoms with van der Waals surface area (Å²) in [6, 6.07) is 11.2. The molecule has 1 saturated carbocycles. The van der Waals surface area contributed by atoms with Gasteiger partial charge in [-0.1, -0.05) is 12.1 Å². The minimum atomic E-state index is -0.109. The normalized spacial score (nSPS) is 13.9. The zero-order valence-corrected chi connectivity index (χ0v) is 13.8. The highest BCUT2D eigenvalue weighted by molar-refractivity contribution is 5.78. The van der Waals surface area contributed by atoms with Gasteiger partial charge in [-0.05, 0) is 37.1 Å². The fourth-order valence-electron chi connectivity index (χ4n) is 3.00. The predicted octanol–water partition coefficient (Wildman–Crippen LogP) is 2.57. The summed E-state index contributed by atoms with van der Waals surface area (Å²) in [6.07, 6.45) is 5.47. The van der Waals surface area contributed by atoms with E-state index in [0.29, 0.717) is 30.0 Å². The van der Waals surface area contributed by atoms with Crippen molar-refractivity contribution in [1.82, 2.24) is 14.5 Å². The zero-order chi connectivity index (χ0) is 17.2. The van der Waals surface area contributed by atoms with Crippen molar-refractivity contribution in [2.75, 3.05) is 0 Å². The van der Waals surface area contributed by atoms with Crippen LogP contribution in [0.5, 0.6) is 0 Å². The highest BCUT2D eigenvalue weighted by Gasteiger charge is 2.32. The highest BCUT2D eigenvalue weighted by atomic mass is 16.3. The summed E-state index contributed by atoms with van der Waals surface area (Å²) in [7, 11) is 0. The lowest BCUT2D eigenvalue weighted by atomic mass is 10.2. The SMILES string of the molecule is O=C(CCn1cnc2ccccc2c1=O)N(Cc1ccco1)C1CC1. The second-order valence-corrected chi connectivity index (χ2v) is 6.34. The van der Waals surface area contributed by atoms with Crippen LogP contribution < -0.4 is 5.56 Å². The van der Waals surface area contributed by atoms with E-state index < -0.39 is 0 Å². The maximum absolute atomic E-state index is 12.6. The first-order valence-corrected chi connectivity index (χ1v) is 8.48. The first-order valence-electron chi connectivity index (χ1n) is 8.48. The number of carbonyl (C=O) groups is 1. The number of furan rings is 1. The Morgan fingerprint density at radius 3 is 2.84 bits per heavy atom. The van der Waals surface area contributed by atoms with E-state index >= 15 is 0 Å². The number of aromatic nitrogens is 2. The number of fused-ring (bicyclic) bond motifs is 1. The molecule has 3 aromatic rings. The number of amides is 1. The summed E-state index contributed by atoms with van der Waals surface area (Å²) < 4.78 is 6.88. The zero-order valence-electron chi connectivity index (χ0n) is 13.8. The molecule has 6 heteroatoms. The Balaban J connectivity index is 1.47. The molecular weight excluding hydrogens is 318 g/mol. The van der Waals surface area contributed by atoms with Gasteiger partial charge in [-0.2, -0.15) is 0 Å². The van der Waals surface area contributed by atoms with Gasteiger partial charge in [0.15, 0.2) is 0 Å². The lowest BCUT2D eigenvalue weighted by molar-refractivity contribution is -0.132. The summed E-state index contributed by atoms with van der Waals surface area (Å²) in [6.45, 7) is 0.818. The van der Waals surface area contributed by atoms with Crippen LogP contribution in [-0.2, 0) is 17.9 Å². The van der Waals surface area contributed by atoms with Gasteiger partial charge in [0.2, 0.25) is 5.91 Å². The molecule has 128 valence electrons. The van der Waals surface area contributed by atoms with E-state index in [0.717, 1.165) is 18.6 Å². The van der Waals surface area contributed by atoms with Gasteiger partial charge in [0.25, 0.3) is 5.56 Å². The number of aryl methyl sites for hydroxylation is 1. The van der Waals surface area contributed by atoms with Crippen molar-refractivity contribution in [2.45, 2.75) is 38.4 Å². The second kappa shape index (κ2) is 6.55. The average Bonchev–Trinajstić information content (AvgIpc) is 3.35. The highest BCUT2D eigenvalue weighted by Crippen LogP contribution is 2.29. The summed E-state index contributed by atoms with van der Waals surface area (Å²) >= 11 is 0. The van der Waals surface area contributed by atoms with Gasteiger partial charge in [-0.25, -0.2) is 4.98 Å². The number of para-hydroxylation sites is 1. The maximum Gasteiger partial charge on any atom is 0.261 e. The fourth-order valence-corrected chi connectivity index (χ4v) is 3.00. The number of rotatable bonds is 6. The largest absolute Gasteiger partial charge is 0.467 e. The third-order valence-corrected chi connectivity index (χ3v) is 4.51. The standard InChI is InChI=1S/C19H19N3O3/c23-18(22(14-7-8-14)12-15-4-3-11-25-15)9-10-21-13-20-17-6-2-1-5-16(17)19(21)24/h1-6,11,13-14H,7-10,12H2. The summed E-state index contributed by atoms with van der Waals surface area (Å²) in [5.41, 5.74) is 0.565. The first kappa shape index (κ1) is 15.6. The van der Waals surface area contributed by atoms with Crippen molar-refractivity contribution >= 4 is 16.8 Å². The molecule has 1 aliphatic carbocycles. The molecule has 0 unspecified atom stereocenters. The van der Waals surface area contributed by atoms with Gasteiger partial charge < -0.3 is 9.32 Å². The van der Waals surface area contributed by atoms with Gasteiger partial charge in [0, 0.05) is 19.0 Å². The Hall–Kier alpha value is -2.89. The Bertz CT molecular complexity index is 942. The number of hydrogen-bond acceptors (Lipinski definition) is 4. The molecule has 0 spiro atoms. The molecule has 0 saturated heterocycles. The molecule has 1 fully saturated rings. The van der Waals surface area contributed by atoms with E-state index in [-0.39, 0.29) is 17.9 Å². The number of carbonyl (C=O) groups excluding carboxylic acids is 1. The minimum absolute atomic E-state index is 0.0407. The van der Waals surface area contributed by atoms with Crippen molar-refractivity contribution in [2.24, 2.45) is 0 Å².